The van der Waals surface area contributed by atoms with Gasteiger partial charge < -0.3 is 14.5 Å². The maximum absolute atomic E-state index is 14.8. The molecule has 0 saturated carbocycles. The molecule has 0 amide bonds. The molecule has 0 aliphatic heterocycles. The first kappa shape index (κ1) is 24.1. The molecule has 0 aliphatic carbocycles. The Kier molecular flexibility index (Phi) is 8.65. The van der Waals surface area contributed by atoms with E-state index in [2.05, 4.69) is 4.98 Å². The zero-order valence-electron chi connectivity index (χ0n) is 16.4. The molecule has 0 spiro atoms. The van der Waals surface area contributed by atoms with Gasteiger partial charge in [0.1, 0.15) is 11.6 Å². The second-order valence-electron chi connectivity index (χ2n) is 6.19. The average molecular weight is 546 g/mol. The van der Waals surface area contributed by atoms with Gasteiger partial charge >= 0.3 is 5.97 Å². The van der Waals surface area contributed by atoms with Gasteiger partial charge in [0.25, 0.3) is 0 Å². The highest BCUT2D eigenvalue weighted by molar-refractivity contribution is 14.0. The number of carbonyl (C=O) groups excluding carboxylic acids is 1. The standard InChI is InChI=1S/C21H20F2N2O3S.HI/c1-3-27-19(26)7-5-14-13-8-9-25-18(13)11-17(23)20(14)28-12-4-6-16(22)15(10-12)21(24)29-2;/h4,6,8-11,24-25H,3,5,7H2,1-2H3;1H. The summed E-state index contributed by atoms with van der Waals surface area (Å²) in [5.41, 5.74) is 1.17. The van der Waals surface area contributed by atoms with Gasteiger partial charge in [0.05, 0.1) is 11.7 Å². The predicted octanol–water partition coefficient (Wildman–Crippen LogP) is 6.04. The minimum atomic E-state index is -0.607. The molecule has 0 atom stereocenters. The molecule has 2 aromatic carbocycles. The van der Waals surface area contributed by atoms with Crippen LogP contribution in [0.2, 0.25) is 0 Å². The number of fused-ring (bicyclic) bond motifs is 1. The molecule has 0 saturated heterocycles. The summed E-state index contributed by atoms with van der Waals surface area (Å²) in [5.74, 6) is -1.38. The summed E-state index contributed by atoms with van der Waals surface area (Å²) >= 11 is 1.09. The maximum Gasteiger partial charge on any atom is 0.306 e. The quantitative estimate of drug-likeness (QED) is 0.164. The van der Waals surface area contributed by atoms with Crippen LogP contribution in [0.15, 0.2) is 36.5 Å². The van der Waals surface area contributed by atoms with Gasteiger partial charge in [-0.25, -0.2) is 8.78 Å². The molecule has 160 valence electrons. The minimum absolute atomic E-state index is 0. The van der Waals surface area contributed by atoms with Crippen LogP contribution in [0.5, 0.6) is 11.5 Å². The largest absolute Gasteiger partial charge is 0.466 e. The highest BCUT2D eigenvalue weighted by atomic mass is 127. The lowest BCUT2D eigenvalue weighted by Gasteiger charge is -2.15. The van der Waals surface area contributed by atoms with Gasteiger partial charge in [-0.1, -0.05) is 0 Å². The number of carbonyl (C=O) groups is 1. The Morgan fingerprint density at radius 3 is 2.67 bits per heavy atom. The number of ether oxygens (including phenoxy) is 2. The van der Waals surface area contributed by atoms with Crippen molar-refractivity contribution < 1.29 is 23.0 Å². The van der Waals surface area contributed by atoms with E-state index in [1.54, 1.807) is 25.4 Å². The van der Waals surface area contributed by atoms with Crippen LogP contribution in [0, 0.1) is 17.0 Å². The van der Waals surface area contributed by atoms with Crippen LogP contribution in [0.3, 0.4) is 0 Å². The Morgan fingerprint density at radius 2 is 1.97 bits per heavy atom. The molecule has 0 fully saturated rings. The molecule has 5 nitrogen and oxygen atoms in total. The lowest BCUT2D eigenvalue weighted by molar-refractivity contribution is -0.143. The van der Waals surface area contributed by atoms with Crippen LogP contribution < -0.4 is 4.74 Å². The summed E-state index contributed by atoms with van der Waals surface area (Å²) in [7, 11) is 0. The third-order valence-corrected chi connectivity index (χ3v) is 4.99. The highest BCUT2D eigenvalue weighted by Crippen LogP contribution is 2.36. The number of H-pyrrole nitrogens is 1. The summed E-state index contributed by atoms with van der Waals surface area (Å²) in [6, 6.07) is 7.02. The van der Waals surface area contributed by atoms with E-state index in [0.717, 1.165) is 17.1 Å². The molecule has 0 bridgehead atoms. The van der Waals surface area contributed by atoms with Crippen LogP contribution in [-0.4, -0.2) is 28.9 Å². The zero-order valence-corrected chi connectivity index (χ0v) is 19.5. The first-order chi connectivity index (χ1) is 13.9. The highest BCUT2D eigenvalue weighted by Gasteiger charge is 2.19. The van der Waals surface area contributed by atoms with Crippen molar-refractivity contribution in [3.63, 3.8) is 0 Å². The molecule has 3 aromatic rings. The molecule has 3 rings (SSSR count). The number of aromatic nitrogens is 1. The first-order valence-electron chi connectivity index (χ1n) is 8.99. The molecule has 1 aromatic heterocycles. The van der Waals surface area contributed by atoms with Crippen LogP contribution in [0.1, 0.15) is 24.5 Å². The summed E-state index contributed by atoms with van der Waals surface area (Å²) < 4.78 is 39.6. The molecular formula is C21H21F2IN2O3S. The lowest BCUT2D eigenvalue weighted by Crippen LogP contribution is -2.06. The fourth-order valence-corrected chi connectivity index (χ4v) is 3.39. The second-order valence-corrected chi connectivity index (χ2v) is 7.00. The van der Waals surface area contributed by atoms with Crippen molar-refractivity contribution in [2.75, 3.05) is 12.9 Å². The Bertz CT molecular complexity index is 1070. The number of aromatic amines is 1. The van der Waals surface area contributed by atoms with Crippen molar-refractivity contribution >= 4 is 57.7 Å². The second kappa shape index (κ2) is 10.8. The molecule has 0 radical (unpaired) electrons. The van der Waals surface area contributed by atoms with Crippen molar-refractivity contribution in [2.45, 2.75) is 19.8 Å². The Morgan fingerprint density at radius 1 is 1.20 bits per heavy atom. The minimum Gasteiger partial charge on any atom is -0.466 e. The first-order valence-corrected chi connectivity index (χ1v) is 10.2. The van der Waals surface area contributed by atoms with Gasteiger partial charge in [-0.05, 0) is 43.9 Å². The number of rotatable bonds is 7. The van der Waals surface area contributed by atoms with Crippen LogP contribution in [0.4, 0.5) is 8.78 Å². The fraction of sp³-hybridized carbons (Fsp3) is 0.238. The van der Waals surface area contributed by atoms with Crippen LogP contribution in [0.25, 0.3) is 10.9 Å². The van der Waals surface area contributed by atoms with Gasteiger partial charge in [-0.15, -0.1) is 35.7 Å². The number of hydrogen-bond acceptors (Lipinski definition) is 5. The summed E-state index contributed by atoms with van der Waals surface area (Å²) in [6.07, 6.45) is 3.63. The van der Waals surface area contributed by atoms with Crippen molar-refractivity contribution in [2.24, 2.45) is 0 Å². The van der Waals surface area contributed by atoms with Crippen molar-refractivity contribution in [1.29, 1.82) is 5.41 Å². The van der Waals surface area contributed by atoms with E-state index >= 15 is 0 Å². The fourth-order valence-electron chi connectivity index (χ4n) is 3.01. The predicted molar refractivity (Wildman–Crippen MR) is 125 cm³/mol. The van der Waals surface area contributed by atoms with Crippen molar-refractivity contribution in [3.8, 4) is 11.5 Å². The Hall–Kier alpha value is -2.14. The third kappa shape index (κ3) is 5.31. The zero-order chi connectivity index (χ0) is 21.0. The summed E-state index contributed by atoms with van der Waals surface area (Å²) in [5, 5.41) is 8.62. The lowest BCUT2D eigenvalue weighted by atomic mass is 10.0. The number of esters is 1. The molecule has 9 heteroatoms. The van der Waals surface area contributed by atoms with Gasteiger partial charge in [0.2, 0.25) is 0 Å². The smallest absolute Gasteiger partial charge is 0.306 e. The van der Waals surface area contributed by atoms with Crippen LogP contribution >= 0.6 is 35.7 Å². The SMILES string of the molecule is CCOC(=O)CCc1c(Oc2ccc(F)c(C(=N)SC)c2)c(F)cc2[nH]ccc12.I. The van der Waals surface area contributed by atoms with Crippen molar-refractivity contribution in [1.82, 2.24) is 4.98 Å². The molecule has 30 heavy (non-hydrogen) atoms. The molecular weight excluding hydrogens is 525 g/mol. The van der Waals surface area contributed by atoms with Gasteiger partial charge in [-0.3, -0.25) is 10.2 Å². The van der Waals surface area contributed by atoms with Crippen molar-refractivity contribution in [3.05, 3.63) is 59.3 Å². The van der Waals surface area contributed by atoms with E-state index in [-0.39, 0.29) is 71.5 Å². The Balaban J connectivity index is 0.00000320. The number of thioether (sulfide) groups is 1. The molecule has 2 N–H and O–H groups in total. The molecule has 0 aliphatic rings. The average Bonchev–Trinajstić information content (AvgIpc) is 3.16. The van der Waals surface area contributed by atoms with E-state index in [0.29, 0.717) is 11.1 Å². The number of benzene rings is 2. The van der Waals surface area contributed by atoms with E-state index in [4.69, 9.17) is 14.9 Å². The number of halogens is 3. The van der Waals surface area contributed by atoms with E-state index in [1.165, 1.54) is 24.3 Å². The number of hydrogen-bond donors (Lipinski definition) is 2. The Labute approximate surface area is 194 Å². The topological polar surface area (TPSA) is 75.2 Å². The van der Waals surface area contributed by atoms with E-state index < -0.39 is 11.6 Å². The van der Waals surface area contributed by atoms with Gasteiger partial charge in [-0.2, -0.15) is 0 Å². The number of aryl methyl sites for hydroxylation is 1. The molecule has 1 heterocycles. The number of nitrogens with one attached hydrogen (secondary N) is 2. The van der Waals surface area contributed by atoms with Gasteiger partial charge in [0, 0.05) is 40.7 Å². The maximum atomic E-state index is 14.8. The normalized spacial score (nSPS) is 10.5. The van der Waals surface area contributed by atoms with Crippen LogP contribution in [-0.2, 0) is 16.0 Å². The third-order valence-electron chi connectivity index (χ3n) is 4.36. The van der Waals surface area contributed by atoms with E-state index in [1.807, 2.05) is 0 Å². The summed E-state index contributed by atoms with van der Waals surface area (Å²) in [6.45, 7) is 1.99. The van der Waals surface area contributed by atoms with E-state index in [9.17, 15) is 13.6 Å². The summed E-state index contributed by atoms with van der Waals surface area (Å²) in [4.78, 5) is 14.8. The molecule has 0 unspecified atom stereocenters. The van der Waals surface area contributed by atoms with Gasteiger partial charge in [0.15, 0.2) is 11.6 Å². The monoisotopic (exact) mass is 546 g/mol.